The number of nitro groups is 1. The number of aryl methyl sites for hydroxylation is 1. The Bertz CT molecular complexity index is 1040. The molecule has 1 aliphatic rings. The molecule has 0 atom stereocenters. The van der Waals surface area contributed by atoms with Crippen LogP contribution in [0.4, 0.5) is 5.69 Å². The van der Waals surface area contributed by atoms with Gasteiger partial charge in [-0.3, -0.25) is 14.9 Å². The first kappa shape index (κ1) is 20.9. The van der Waals surface area contributed by atoms with Crippen molar-refractivity contribution >= 4 is 21.6 Å². The molecule has 156 valence electrons. The van der Waals surface area contributed by atoms with Crippen molar-refractivity contribution in [3.8, 4) is 0 Å². The number of nitrogens with zero attached hydrogens (tertiary/aromatic N) is 4. The maximum atomic E-state index is 12.9. The van der Waals surface area contributed by atoms with E-state index in [1.54, 1.807) is 11.8 Å². The third kappa shape index (κ3) is 4.01. The first-order chi connectivity index (χ1) is 13.6. The van der Waals surface area contributed by atoms with Crippen LogP contribution >= 0.6 is 0 Å². The van der Waals surface area contributed by atoms with Crippen LogP contribution in [-0.4, -0.2) is 59.8 Å². The molecule has 2 heterocycles. The fourth-order valence-electron chi connectivity index (χ4n) is 3.24. The second-order valence-corrected chi connectivity index (χ2v) is 9.05. The van der Waals surface area contributed by atoms with E-state index in [1.165, 1.54) is 22.5 Å². The van der Waals surface area contributed by atoms with Crippen molar-refractivity contribution in [2.75, 3.05) is 26.2 Å². The summed E-state index contributed by atoms with van der Waals surface area (Å²) in [6.07, 6.45) is 0. The van der Waals surface area contributed by atoms with Crippen molar-refractivity contribution in [2.45, 2.75) is 31.6 Å². The maximum absolute atomic E-state index is 12.9. The number of rotatable bonds is 5. The van der Waals surface area contributed by atoms with Crippen molar-refractivity contribution in [3.63, 3.8) is 0 Å². The zero-order valence-electron chi connectivity index (χ0n) is 16.4. The number of aromatic nitrogens is 1. The molecule has 0 bridgehead atoms. The SMILES string of the molecule is Cc1noc(C(C)C)c1C(=O)N1CCN(S(=O)(=O)c2cccc([N+](=O)[O-])c2)CC1. The van der Waals surface area contributed by atoms with Gasteiger partial charge in [-0.1, -0.05) is 25.1 Å². The highest BCUT2D eigenvalue weighted by Gasteiger charge is 2.33. The molecular formula is C18H22N4O6S. The second kappa shape index (κ2) is 7.91. The van der Waals surface area contributed by atoms with E-state index in [0.717, 1.165) is 6.07 Å². The van der Waals surface area contributed by atoms with Crippen molar-refractivity contribution in [2.24, 2.45) is 0 Å². The number of amides is 1. The van der Waals surface area contributed by atoms with E-state index >= 15 is 0 Å². The van der Waals surface area contributed by atoms with Gasteiger partial charge in [0, 0.05) is 44.2 Å². The second-order valence-electron chi connectivity index (χ2n) is 7.11. The van der Waals surface area contributed by atoms with Gasteiger partial charge >= 0.3 is 0 Å². The predicted octanol–water partition coefficient (Wildman–Crippen LogP) is 2.16. The van der Waals surface area contributed by atoms with Gasteiger partial charge in [0.2, 0.25) is 10.0 Å². The molecule has 1 amide bonds. The monoisotopic (exact) mass is 422 g/mol. The summed E-state index contributed by atoms with van der Waals surface area (Å²) in [5.74, 6) is 0.268. The van der Waals surface area contributed by atoms with Gasteiger partial charge in [-0.2, -0.15) is 4.31 Å². The lowest BCUT2D eigenvalue weighted by molar-refractivity contribution is -0.385. The van der Waals surface area contributed by atoms with E-state index in [4.69, 9.17) is 4.52 Å². The molecule has 2 aromatic rings. The number of carbonyl (C=O) groups is 1. The molecule has 10 nitrogen and oxygen atoms in total. The van der Waals surface area contributed by atoms with Gasteiger partial charge in [0.05, 0.1) is 15.5 Å². The molecule has 0 N–H and O–H groups in total. The average molecular weight is 422 g/mol. The lowest BCUT2D eigenvalue weighted by Gasteiger charge is -2.34. The van der Waals surface area contributed by atoms with Gasteiger partial charge in [-0.25, -0.2) is 8.42 Å². The third-order valence-corrected chi connectivity index (χ3v) is 6.71. The Labute approximate surface area is 168 Å². The van der Waals surface area contributed by atoms with E-state index in [2.05, 4.69) is 5.16 Å². The van der Waals surface area contributed by atoms with Gasteiger partial charge in [0.1, 0.15) is 5.56 Å². The summed E-state index contributed by atoms with van der Waals surface area (Å²) in [6, 6.07) is 4.95. The fourth-order valence-corrected chi connectivity index (χ4v) is 4.70. The predicted molar refractivity (Wildman–Crippen MR) is 103 cm³/mol. The van der Waals surface area contributed by atoms with Gasteiger partial charge in [0.25, 0.3) is 11.6 Å². The molecular weight excluding hydrogens is 400 g/mol. The molecule has 1 saturated heterocycles. The first-order valence-corrected chi connectivity index (χ1v) is 10.6. The van der Waals surface area contributed by atoms with Gasteiger partial charge in [-0.15, -0.1) is 0 Å². The number of carbonyl (C=O) groups excluding carboxylic acids is 1. The smallest absolute Gasteiger partial charge is 0.270 e. The molecule has 3 rings (SSSR count). The van der Waals surface area contributed by atoms with Crippen LogP contribution in [-0.2, 0) is 10.0 Å². The minimum atomic E-state index is -3.89. The normalized spacial score (nSPS) is 15.7. The molecule has 0 saturated carbocycles. The largest absolute Gasteiger partial charge is 0.360 e. The summed E-state index contributed by atoms with van der Waals surface area (Å²) in [5.41, 5.74) is 0.643. The molecule has 1 aliphatic heterocycles. The average Bonchev–Trinajstić information content (AvgIpc) is 3.09. The highest BCUT2D eigenvalue weighted by molar-refractivity contribution is 7.89. The van der Waals surface area contributed by atoms with Crippen LogP contribution in [0.5, 0.6) is 0 Å². The van der Waals surface area contributed by atoms with Gasteiger partial charge < -0.3 is 9.42 Å². The van der Waals surface area contributed by atoms with Gasteiger partial charge in [0.15, 0.2) is 5.76 Å². The molecule has 29 heavy (non-hydrogen) atoms. The molecule has 0 radical (unpaired) electrons. The van der Waals surface area contributed by atoms with Crippen LogP contribution in [0.1, 0.15) is 41.6 Å². The Morgan fingerprint density at radius 2 is 1.90 bits per heavy atom. The Balaban J connectivity index is 1.75. The van der Waals surface area contributed by atoms with Crippen LogP contribution in [0.15, 0.2) is 33.7 Å². The van der Waals surface area contributed by atoms with E-state index < -0.39 is 14.9 Å². The molecule has 1 aromatic heterocycles. The Hall–Kier alpha value is -2.79. The fraction of sp³-hybridized carbons (Fsp3) is 0.444. The molecule has 11 heteroatoms. The van der Waals surface area contributed by atoms with Crippen molar-refractivity contribution in [3.05, 3.63) is 51.4 Å². The summed E-state index contributed by atoms with van der Waals surface area (Å²) in [7, 11) is -3.89. The molecule has 1 fully saturated rings. The molecule has 0 spiro atoms. The summed E-state index contributed by atoms with van der Waals surface area (Å²) in [4.78, 5) is 24.7. The zero-order chi connectivity index (χ0) is 21.3. The minimum absolute atomic E-state index is 0.00862. The molecule has 1 aromatic carbocycles. The summed E-state index contributed by atoms with van der Waals surface area (Å²) < 4.78 is 32.2. The Morgan fingerprint density at radius 3 is 2.48 bits per heavy atom. The highest BCUT2D eigenvalue weighted by atomic mass is 32.2. The quantitative estimate of drug-likeness (QED) is 0.534. The Kier molecular flexibility index (Phi) is 5.71. The third-order valence-electron chi connectivity index (χ3n) is 4.82. The van der Waals surface area contributed by atoms with Crippen LogP contribution in [0.3, 0.4) is 0 Å². The number of sulfonamides is 1. The van der Waals surface area contributed by atoms with E-state index in [-0.39, 0.29) is 48.6 Å². The standard InChI is InChI=1S/C18H22N4O6S/c1-12(2)17-16(13(3)19-28-17)18(23)20-7-9-21(10-8-20)29(26,27)15-6-4-5-14(11-15)22(24)25/h4-6,11-12H,7-10H2,1-3H3. The van der Waals surface area contributed by atoms with Crippen LogP contribution in [0.2, 0.25) is 0 Å². The van der Waals surface area contributed by atoms with Crippen LogP contribution in [0, 0.1) is 17.0 Å². The number of hydrogen-bond donors (Lipinski definition) is 0. The zero-order valence-corrected chi connectivity index (χ0v) is 17.2. The minimum Gasteiger partial charge on any atom is -0.360 e. The van der Waals surface area contributed by atoms with Crippen molar-refractivity contribution in [1.29, 1.82) is 0 Å². The lowest BCUT2D eigenvalue weighted by atomic mass is 10.0. The van der Waals surface area contributed by atoms with Gasteiger partial charge in [-0.05, 0) is 13.0 Å². The van der Waals surface area contributed by atoms with Crippen LogP contribution in [0.25, 0.3) is 0 Å². The first-order valence-electron chi connectivity index (χ1n) is 9.13. The maximum Gasteiger partial charge on any atom is 0.270 e. The number of non-ortho nitro benzene ring substituents is 1. The van der Waals surface area contributed by atoms with Crippen molar-refractivity contribution in [1.82, 2.24) is 14.4 Å². The molecule has 0 unspecified atom stereocenters. The summed E-state index contributed by atoms with van der Waals surface area (Å²) in [6.45, 7) is 6.10. The number of benzene rings is 1. The summed E-state index contributed by atoms with van der Waals surface area (Å²) >= 11 is 0. The van der Waals surface area contributed by atoms with Crippen LogP contribution < -0.4 is 0 Å². The molecule has 0 aliphatic carbocycles. The van der Waals surface area contributed by atoms with E-state index in [9.17, 15) is 23.3 Å². The number of nitro benzene ring substituents is 1. The number of piperazine rings is 1. The number of hydrogen-bond acceptors (Lipinski definition) is 7. The topological polar surface area (TPSA) is 127 Å². The van der Waals surface area contributed by atoms with E-state index in [1.807, 2.05) is 13.8 Å². The van der Waals surface area contributed by atoms with Crippen molar-refractivity contribution < 1.29 is 22.7 Å². The Morgan fingerprint density at radius 1 is 1.24 bits per heavy atom. The van der Waals surface area contributed by atoms with E-state index in [0.29, 0.717) is 17.0 Å². The lowest BCUT2D eigenvalue weighted by Crippen LogP contribution is -2.50. The summed E-state index contributed by atoms with van der Waals surface area (Å²) in [5, 5.41) is 14.8. The highest BCUT2D eigenvalue weighted by Crippen LogP contribution is 2.26.